The van der Waals surface area contributed by atoms with E-state index in [-0.39, 0.29) is 0 Å². The summed E-state index contributed by atoms with van der Waals surface area (Å²) in [4.78, 5) is 0. The Morgan fingerprint density at radius 3 is 1.77 bits per heavy atom. The second-order valence-corrected chi connectivity index (χ2v) is 2.47. The molecule has 0 aromatic heterocycles. The highest BCUT2D eigenvalue weighted by molar-refractivity contribution is 4.67. The van der Waals surface area contributed by atoms with E-state index in [9.17, 15) is 0 Å². The van der Waals surface area contributed by atoms with Crippen molar-refractivity contribution in [1.82, 2.24) is 5.01 Å². The lowest BCUT2D eigenvalue weighted by molar-refractivity contribution is 0.0411. The summed E-state index contributed by atoms with van der Waals surface area (Å²) >= 11 is 0. The molecule has 1 aliphatic rings. The standard InChI is InChI=1S/C6H14N2O.2C2H6/c1-9-6-2-4-8(7)5-3-6;2*1-2/h6H,2-5,7H2,1H3;2*1-2H3. The van der Waals surface area contributed by atoms with Gasteiger partial charge in [0.25, 0.3) is 0 Å². The minimum Gasteiger partial charge on any atom is -0.381 e. The lowest BCUT2D eigenvalue weighted by Crippen LogP contribution is -2.41. The van der Waals surface area contributed by atoms with E-state index in [2.05, 4.69) is 0 Å². The predicted molar refractivity (Wildman–Crippen MR) is 58.5 cm³/mol. The van der Waals surface area contributed by atoms with E-state index in [1.807, 2.05) is 32.7 Å². The van der Waals surface area contributed by atoms with Crippen LogP contribution < -0.4 is 5.84 Å². The molecule has 82 valence electrons. The molecule has 2 N–H and O–H groups in total. The molecule has 1 aliphatic heterocycles. The van der Waals surface area contributed by atoms with Gasteiger partial charge in [0.15, 0.2) is 0 Å². The monoisotopic (exact) mass is 190 g/mol. The van der Waals surface area contributed by atoms with Crippen LogP contribution in [0.15, 0.2) is 0 Å². The smallest absolute Gasteiger partial charge is 0.0596 e. The fraction of sp³-hybridized carbons (Fsp3) is 1.00. The van der Waals surface area contributed by atoms with Crippen molar-refractivity contribution in [2.45, 2.75) is 46.6 Å². The minimum atomic E-state index is 0.449. The highest BCUT2D eigenvalue weighted by Crippen LogP contribution is 2.08. The van der Waals surface area contributed by atoms with Gasteiger partial charge in [0.05, 0.1) is 6.10 Å². The van der Waals surface area contributed by atoms with Crippen molar-refractivity contribution >= 4 is 0 Å². The highest BCUT2D eigenvalue weighted by atomic mass is 16.5. The number of piperidine rings is 1. The molecule has 0 aromatic carbocycles. The summed E-state index contributed by atoms with van der Waals surface area (Å²) in [7, 11) is 1.76. The minimum absolute atomic E-state index is 0.449. The highest BCUT2D eigenvalue weighted by Gasteiger charge is 2.15. The van der Waals surface area contributed by atoms with Gasteiger partial charge in [-0.25, -0.2) is 5.01 Å². The Hall–Kier alpha value is -0.120. The number of hydrazine groups is 1. The van der Waals surface area contributed by atoms with E-state index < -0.39 is 0 Å². The maximum Gasteiger partial charge on any atom is 0.0596 e. The summed E-state index contributed by atoms with van der Waals surface area (Å²) in [5.74, 6) is 5.53. The van der Waals surface area contributed by atoms with Crippen molar-refractivity contribution in [2.24, 2.45) is 5.84 Å². The molecule has 3 nitrogen and oxygen atoms in total. The van der Waals surface area contributed by atoms with Gasteiger partial charge in [-0.05, 0) is 12.8 Å². The van der Waals surface area contributed by atoms with Gasteiger partial charge in [-0.3, -0.25) is 5.84 Å². The van der Waals surface area contributed by atoms with Gasteiger partial charge in [-0.2, -0.15) is 0 Å². The third-order valence-electron chi connectivity index (χ3n) is 1.81. The van der Waals surface area contributed by atoms with Crippen molar-refractivity contribution in [1.29, 1.82) is 0 Å². The van der Waals surface area contributed by atoms with Crippen molar-refractivity contribution in [2.75, 3.05) is 20.2 Å². The molecule has 0 bridgehead atoms. The largest absolute Gasteiger partial charge is 0.381 e. The van der Waals surface area contributed by atoms with Gasteiger partial charge in [0.2, 0.25) is 0 Å². The van der Waals surface area contributed by atoms with E-state index >= 15 is 0 Å². The topological polar surface area (TPSA) is 38.5 Å². The number of hydrogen-bond acceptors (Lipinski definition) is 3. The molecule has 0 aromatic rings. The SMILES string of the molecule is CC.CC.COC1CCN(N)CC1. The van der Waals surface area contributed by atoms with Crippen molar-refractivity contribution < 1.29 is 4.74 Å². The normalized spacial score (nSPS) is 18.0. The van der Waals surface area contributed by atoms with Crippen molar-refractivity contribution in [3.05, 3.63) is 0 Å². The lowest BCUT2D eigenvalue weighted by Gasteiger charge is -2.27. The van der Waals surface area contributed by atoms with Gasteiger partial charge in [-0.1, -0.05) is 27.7 Å². The molecule has 3 heteroatoms. The fourth-order valence-electron chi connectivity index (χ4n) is 1.11. The molecular formula is C10H26N2O. The zero-order chi connectivity index (χ0) is 10.7. The molecule has 13 heavy (non-hydrogen) atoms. The number of methoxy groups -OCH3 is 1. The third-order valence-corrected chi connectivity index (χ3v) is 1.81. The summed E-state index contributed by atoms with van der Waals surface area (Å²) in [6, 6.07) is 0. The van der Waals surface area contributed by atoms with Crippen LogP contribution in [0, 0.1) is 0 Å². The second kappa shape index (κ2) is 11.9. The van der Waals surface area contributed by atoms with Gasteiger partial charge in [0.1, 0.15) is 0 Å². The molecular weight excluding hydrogens is 164 g/mol. The first-order valence-corrected chi connectivity index (χ1v) is 5.35. The molecule has 0 unspecified atom stereocenters. The van der Waals surface area contributed by atoms with Crippen LogP contribution >= 0.6 is 0 Å². The number of nitrogens with zero attached hydrogens (tertiary/aromatic N) is 1. The first-order chi connectivity index (χ1) is 6.33. The number of nitrogens with two attached hydrogens (primary N) is 1. The second-order valence-electron chi connectivity index (χ2n) is 2.47. The van der Waals surface area contributed by atoms with Crippen molar-refractivity contribution in [3.63, 3.8) is 0 Å². The molecule has 0 saturated carbocycles. The number of hydrogen-bond donors (Lipinski definition) is 1. The van der Waals surface area contributed by atoms with E-state index in [0.717, 1.165) is 25.9 Å². The Labute approximate surface area is 83.2 Å². The average molecular weight is 190 g/mol. The van der Waals surface area contributed by atoms with Crippen LogP contribution in [0.4, 0.5) is 0 Å². The Morgan fingerprint density at radius 2 is 1.46 bits per heavy atom. The van der Waals surface area contributed by atoms with Crippen LogP contribution in [-0.2, 0) is 4.74 Å². The van der Waals surface area contributed by atoms with E-state index in [4.69, 9.17) is 10.6 Å². The molecule has 0 amide bonds. The van der Waals surface area contributed by atoms with Crippen LogP contribution in [0.25, 0.3) is 0 Å². The first-order valence-electron chi connectivity index (χ1n) is 5.35. The Morgan fingerprint density at radius 1 is 1.08 bits per heavy atom. The zero-order valence-electron chi connectivity index (χ0n) is 9.84. The van der Waals surface area contributed by atoms with Crippen LogP contribution in [0.5, 0.6) is 0 Å². The summed E-state index contributed by atoms with van der Waals surface area (Å²) < 4.78 is 5.16. The third kappa shape index (κ3) is 8.22. The maximum absolute atomic E-state index is 5.53. The van der Waals surface area contributed by atoms with E-state index in [0.29, 0.717) is 6.10 Å². The number of ether oxygens (including phenoxy) is 1. The molecule has 0 atom stereocenters. The summed E-state index contributed by atoms with van der Waals surface area (Å²) in [5.41, 5.74) is 0. The van der Waals surface area contributed by atoms with Crippen LogP contribution in [0.2, 0.25) is 0 Å². The summed E-state index contributed by atoms with van der Waals surface area (Å²) in [6.07, 6.45) is 2.60. The average Bonchev–Trinajstić information content (AvgIpc) is 2.25. The fourth-order valence-corrected chi connectivity index (χ4v) is 1.11. The predicted octanol–water partition coefficient (Wildman–Crippen LogP) is 2.02. The van der Waals surface area contributed by atoms with E-state index in [1.165, 1.54) is 0 Å². The Kier molecular flexibility index (Phi) is 14.0. The summed E-state index contributed by atoms with van der Waals surface area (Å²) in [5, 5.41) is 1.84. The lowest BCUT2D eigenvalue weighted by atomic mass is 10.1. The van der Waals surface area contributed by atoms with Crippen LogP contribution in [0.3, 0.4) is 0 Å². The molecule has 0 radical (unpaired) electrons. The Bertz CT molecular complexity index is 81.0. The molecule has 0 aliphatic carbocycles. The van der Waals surface area contributed by atoms with Crippen LogP contribution in [0.1, 0.15) is 40.5 Å². The van der Waals surface area contributed by atoms with Gasteiger partial charge >= 0.3 is 0 Å². The van der Waals surface area contributed by atoms with Gasteiger partial charge in [-0.15, -0.1) is 0 Å². The summed E-state index contributed by atoms with van der Waals surface area (Å²) in [6.45, 7) is 9.94. The first kappa shape index (κ1) is 15.4. The van der Waals surface area contributed by atoms with Gasteiger partial charge in [0, 0.05) is 20.2 Å². The van der Waals surface area contributed by atoms with Gasteiger partial charge < -0.3 is 4.74 Å². The maximum atomic E-state index is 5.53. The number of rotatable bonds is 1. The molecule has 1 fully saturated rings. The zero-order valence-corrected chi connectivity index (χ0v) is 9.84. The van der Waals surface area contributed by atoms with Crippen molar-refractivity contribution in [3.8, 4) is 0 Å². The Balaban J connectivity index is 0. The van der Waals surface area contributed by atoms with Crippen LogP contribution in [-0.4, -0.2) is 31.3 Å². The van der Waals surface area contributed by atoms with E-state index in [1.54, 1.807) is 7.11 Å². The quantitative estimate of drug-likeness (QED) is 0.643. The molecule has 1 saturated heterocycles. The molecule has 1 rings (SSSR count). The molecule has 1 heterocycles. The molecule has 0 spiro atoms.